The van der Waals surface area contributed by atoms with Crippen molar-refractivity contribution in [2.24, 2.45) is 10.8 Å². The van der Waals surface area contributed by atoms with E-state index in [0.29, 0.717) is 12.5 Å². The molecular formula is C14H24N4. The van der Waals surface area contributed by atoms with Gasteiger partial charge in [-0.1, -0.05) is 44.5 Å². The van der Waals surface area contributed by atoms with Gasteiger partial charge >= 0.3 is 0 Å². The number of guanidine groups is 1. The van der Waals surface area contributed by atoms with E-state index in [-0.39, 0.29) is 0 Å². The van der Waals surface area contributed by atoms with E-state index >= 15 is 0 Å². The zero-order valence-corrected chi connectivity index (χ0v) is 11.4. The van der Waals surface area contributed by atoms with Gasteiger partial charge in [0.1, 0.15) is 0 Å². The van der Waals surface area contributed by atoms with Gasteiger partial charge in [0, 0.05) is 6.54 Å². The lowest BCUT2D eigenvalue weighted by Crippen LogP contribution is -2.42. The standard InChI is InChI=1S/C14H24N4/c1-3-5-10-16-14(18-15)17-11-13-9-7-6-8-12(13)4-2/h6-9H,3-5,10-11,15H2,1-2H3,(H2,16,17,18). The topological polar surface area (TPSA) is 62.4 Å². The number of hydrogen-bond acceptors (Lipinski definition) is 2. The molecule has 1 aromatic rings. The summed E-state index contributed by atoms with van der Waals surface area (Å²) in [5, 5.41) is 3.19. The molecule has 0 saturated heterocycles. The lowest BCUT2D eigenvalue weighted by Gasteiger charge is -2.09. The Kier molecular flexibility index (Phi) is 6.87. The average molecular weight is 248 g/mol. The van der Waals surface area contributed by atoms with Crippen LogP contribution < -0.4 is 16.6 Å². The van der Waals surface area contributed by atoms with E-state index in [0.717, 1.165) is 25.8 Å². The van der Waals surface area contributed by atoms with Crippen LogP contribution in [0.5, 0.6) is 0 Å². The molecule has 0 aromatic heterocycles. The number of aryl methyl sites for hydroxylation is 1. The molecule has 0 aliphatic heterocycles. The first kappa shape index (κ1) is 14.5. The first-order chi connectivity index (χ1) is 8.81. The lowest BCUT2D eigenvalue weighted by molar-refractivity contribution is 0.731. The van der Waals surface area contributed by atoms with E-state index in [2.05, 4.69) is 47.8 Å². The second-order valence-corrected chi connectivity index (χ2v) is 4.21. The number of unbranched alkanes of at least 4 members (excludes halogenated alkanes) is 1. The van der Waals surface area contributed by atoms with Gasteiger partial charge in [0.2, 0.25) is 5.96 Å². The van der Waals surface area contributed by atoms with Gasteiger partial charge in [-0.2, -0.15) is 0 Å². The minimum atomic E-state index is 0.655. The number of hydrazine groups is 1. The van der Waals surface area contributed by atoms with Crippen molar-refractivity contribution in [1.29, 1.82) is 0 Å². The van der Waals surface area contributed by atoms with Crippen molar-refractivity contribution in [3.05, 3.63) is 35.4 Å². The lowest BCUT2D eigenvalue weighted by atomic mass is 10.1. The minimum Gasteiger partial charge on any atom is -0.355 e. The van der Waals surface area contributed by atoms with Crippen LogP contribution >= 0.6 is 0 Å². The molecule has 4 nitrogen and oxygen atoms in total. The molecule has 4 N–H and O–H groups in total. The first-order valence-electron chi connectivity index (χ1n) is 6.63. The Labute approximate surface area is 110 Å². The molecule has 18 heavy (non-hydrogen) atoms. The zero-order valence-electron chi connectivity index (χ0n) is 11.4. The predicted molar refractivity (Wildman–Crippen MR) is 77.2 cm³/mol. The Hall–Kier alpha value is -1.55. The number of nitrogens with zero attached hydrogens (tertiary/aromatic N) is 1. The molecule has 0 radical (unpaired) electrons. The fourth-order valence-corrected chi connectivity index (χ4v) is 1.76. The molecule has 4 heteroatoms. The highest BCUT2D eigenvalue weighted by Crippen LogP contribution is 2.10. The highest BCUT2D eigenvalue weighted by molar-refractivity contribution is 5.79. The van der Waals surface area contributed by atoms with Gasteiger partial charge in [-0.15, -0.1) is 0 Å². The van der Waals surface area contributed by atoms with Gasteiger partial charge in [0.05, 0.1) is 6.54 Å². The van der Waals surface area contributed by atoms with E-state index in [1.54, 1.807) is 0 Å². The first-order valence-corrected chi connectivity index (χ1v) is 6.63. The van der Waals surface area contributed by atoms with Crippen LogP contribution in [0.4, 0.5) is 0 Å². The van der Waals surface area contributed by atoms with Crippen LogP contribution in [-0.4, -0.2) is 12.5 Å². The van der Waals surface area contributed by atoms with E-state index in [4.69, 9.17) is 5.84 Å². The summed E-state index contributed by atoms with van der Waals surface area (Å²) in [5.74, 6) is 6.11. The van der Waals surface area contributed by atoms with Gasteiger partial charge in [-0.05, 0) is 24.0 Å². The summed E-state index contributed by atoms with van der Waals surface area (Å²) in [5.41, 5.74) is 5.20. The van der Waals surface area contributed by atoms with Crippen LogP contribution in [0.25, 0.3) is 0 Å². The summed E-state index contributed by atoms with van der Waals surface area (Å²) in [7, 11) is 0. The Morgan fingerprint density at radius 2 is 1.94 bits per heavy atom. The Morgan fingerprint density at radius 3 is 2.56 bits per heavy atom. The van der Waals surface area contributed by atoms with E-state index in [1.165, 1.54) is 11.1 Å². The van der Waals surface area contributed by atoms with Crippen molar-refractivity contribution in [2.75, 3.05) is 6.54 Å². The van der Waals surface area contributed by atoms with Crippen molar-refractivity contribution in [3.63, 3.8) is 0 Å². The molecule has 0 saturated carbocycles. The van der Waals surface area contributed by atoms with Gasteiger partial charge in [-0.25, -0.2) is 10.8 Å². The van der Waals surface area contributed by atoms with Gasteiger partial charge in [0.25, 0.3) is 0 Å². The van der Waals surface area contributed by atoms with Crippen LogP contribution in [0.1, 0.15) is 37.8 Å². The van der Waals surface area contributed by atoms with Crippen molar-refractivity contribution in [3.8, 4) is 0 Å². The summed E-state index contributed by atoms with van der Waals surface area (Å²) < 4.78 is 0. The summed E-state index contributed by atoms with van der Waals surface area (Å²) in [6.07, 6.45) is 3.30. The summed E-state index contributed by atoms with van der Waals surface area (Å²) in [6.45, 7) is 5.87. The summed E-state index contributed by atoms with van der Waals surface area (Å²) in [6, 6.07) is 8.37. The molecule has 0 amide bonds. The van der Waals surface area contributed by atoms with Gasteiger partial charge < -0.3 is 5.32 Å². The molecule has 0 aliphatic rings. The molecule has 0 spiro atoms. The number of rotatable bonds is 6. The maximum Gasteiger partial charge on any atom is 0.206 e. The van der Waals surface area contributed by atoms with Crippen LogP contribution in [0, 0.1) is 0 Å². The van der Waals surface area contributed by atoms with Crippen LogP contribution in [-0.2, 0) is 13.0 Å². The summed E-state index contributed by atoms with van der Waals surface area (Å²) in [4.78, 5) is 4.46. The molecular weight excluding hydrogens is 224 g/mol. The van der Waals surface area contributed by atoms with Crippen molar-refractivity contribution in [2.45, 2.75) is 39.7 Å². The number of nitrogens with two attached hydrogens (primary N) is 1. The molecule has 1 aromatic carbocycles. The minimum absolute atomic E-state index is 0.655. The van der Waals surface area contributed by atoms with Crippen LogP contribution in [0.3, 0.4) is 0 Å². The molecule has 100 valence electrons. The molecule has 1 rings (SSSR count). The average Bonchev–Trinajstić information content (AvgIpc) is 2.43. The molecule has 0 fully saturated rings. The van der Waals surface area contributed by atoms with Crippen molar-refractivity contribution < 1.29 is 0 Å². The molecule has 0 heterocycles. The van der Waals surface area contributed by atoms with Gasteiger partial charge in [0.15, 0.2) is 0 Å². The largest absolute Gasteiger partial charge is 0.355 e. The quantitative estimate of drug-likeness (QED) is 0.237. The SMILES string of the molecule is CCCCNC(=NCc1ccccc1CC)NN. The zero-order chi connectivity index (χ0) is 13.2. The van der Waals surface area contributed by atoms with Crippen molar-refractivity contribution >= 4 is 5.96 Å². The van der Waals surface area contributed by atoms with E-state index in [9.17, 15) is 0 Å². The monoisotopic (exact) mass is 248 g/mol. The third-order valence-electron chi connectivity index (χ3n) is 2.87. The number of aliphatic imine (C=N–C) groups is 1. The fourth-order valence-electron chi connectivity index (χ4n) is 1.76. The van der Waals surface area contributed by atoms with E-state index < -0.39 is 0 Å². The highest BCUT2D eigenvalue weighted by atomic mass is 15.3. The Bertz CT molecular complexity index is 374. The maximum atomic E-state index is 5.45. The number of hydrogen-bond donors (Lipinski definition) is 3. The van der Waals surface area contributed by atoms with Crippen molar-refractivity contribution in [1.82, 2.24) is 10.7 Å². The third-order valence-corrected chi connectivity index (χ3v) is 2.87. The Balaban J connectivity index is 2.59. The third kappa shape index (κ3) is 4.75. The Morgan fingerprint density at radius 1 is 1.22 bits per heavy atom. The fraction of sp³-hybridized carbons (Fsp3) is 0.500. The predicted octanol–water partition coefficient (Wildman–Crippen LogP) is 1.96. The van der Waals surface area contributed by atoms with Crippen LogP contribution in [0.2, 0.25) is 0 Å². The number of nitrogens with one attached hydrogen (secondary N) is 2. The summed E-state index contributed by atoms with van der Waals surface area (Å²) >= 11 is 0. The van der Waals surface area contributed by atoms with Gasteiger partial charge in [-0.3, -0.25) is 5.43 Å². The molecule has 0 atom stereocenters. The second-order valence-electron chi connectivity index (χ2n) is 4.21. The van der Waals surface area contributed by atoms with Crippen LogP contribution in [0.15, 0.2) is 29.3 Å². The molecule has 0 bridgehead atoms. The maximum absolute atomic E-state index is 5.45. The second kappa shape index (κ2) is 8.53. The normalized spacial score (nSPS) is 11.4. The highest BCUT2D eigenvalue weighted by Gasteiger charge is 2.00. The molecule has 0 unspecified atom stereocenters. The smallest absolute Gasteiger partial charge is 0.206 e. The van der Waals surface area contributed by atoms with E-state index in [1.807, 2.05) is 6.07 Å². The number of benzene rings is 1. The molecule has 0 aliphatic carbocycles.